The van der Waals surface area contributed by atoms with E-state index in [4.69, 9.17) is 0 Å². The van der Waals surface area contributed by atoms with Crippen LogP contribution in [0.15, 0.2) is 47.3 Å². The predicted molar refractivity (Wildman–Crippen MR) is 88.5 cm³/mol. The zero-order valence-corrected chi connectivity index (χ0v) is 13.1. The molecule has 22 heavy (non-hydrogen) atoms. The van der Waals surface area contributed by atoms with Crippen molar-refractivity contribution in [3.63, 3.8) is 0 Å². The third-order valence-electron chi connectivity index (χ3n) is 3.48. The van der Waals surface area contributed by atoms with E-state index in [2.05, 4.69) is 18.5 Å². The topological polar surface area (TPSA) is 34.9 Å². The zero-order valence-electron chi connectivity index (χ0n) is 13.1. The van der Waals surface area contributed by atoms with Crippen LogP contribution in [0.2, 0.25) is 0 Å². The predicted octanol–water partition coefficient (Wildman–Crippen LogP) is 4.01. The highest BCUT2D eigenvalue weighted by atomic mass is 19.1. The SMILES string of the molecule is C=C(/C=C\CCC)Cn1c(CC)nc2ccc(F)cc2c1=O. The van der Waals surface area contributed by atoms with E-state index in [1.165, 1.54) is 12.1 Å². The molecule has 0 atom stereocenters. The van der Waals surface area contributed by atoms with Gasteiger partial charge in [0.15, 0.2) is 0 Å². The van der Waals surface area contributed by atoms with Crippen LogP contribution in [0.5, 0.6) is 0 Å². The third-order valence-corrected chi connectivity index (χ3v) is 3.48. The van der Waals surface area contributed by atoms with Crippen LogP contribution in [-0.2, 0) is 13.0 Å². The van der Waals surface area contributed by atoms with Crippen LogP contribution in [0.3, 0.4) is 0 Å². The smallest absolute Gasteiger partial charge is 0.261 e. The van der Waals surface area contributed by atoms with Crippen molar-refractivity contribution >= 4 is 10.9 Å². The average molecular weight is 300 g/mol. The summed E-state index contributed by atoms with van der Waals surface area (Å²) in [6, 6.07) is 4.12. The molecular formula is C18H21FN2O. The second-order valence-electron chi connectivity index (χ2n) is 5.28. The van der Waals surface area contributed by atoms with Gasteiger partial charge in [0, 0.05) is 6.42 Å². The fourth-order valence-corrected chi connectivity index (χ4v) is 2.34. The minimum absolute atomic E-state index is 0.216. The molecule has 1 heterocycles. The number of nitrogens with zero attached hydrogens (tertiary/aromatic N) is 2. The molecule has 0 bridgehead atoms. The average Bonchev–Trinajstić information content (AvgIpc) is 2.50. The highest BCUT2D eigenvalue weighted by molar-refractivity contribution is 5.77. The summed E-state index contributed by atoms with van der Waals surface area (Å²) in [6.07, 6.45) is 6.67. The molecular weight excluding hydrogens is 279 g/mol. The number of fused-ring (bicyclic) bond motifs is 1. The van der Waals surface area contributed by atoms with Crippen molar-refractivity contribution in [2.24, 2.45) is 0 Å². The van der Waals surface area contributed by atoms with Gasteiger partial charge >= 0.3 is 0 Å². The first-order valence-electron chi connectivity index (χ1n) is 7.60. The van der Waals surface area contributed by atoms with Crippen LogP contribution in [0.25, 0.3) is 10.9 Å². The highest BCUT2D eigenvalue weighted by Gasteiger charge is 2.10. The van der Waals surface area contributed by atoms with E-state index in [-0.39, 0.29) is 5.56 Å². The molecule has 0 spiro atoms. The van der Waals surface area contributed by atoms with Gasteiger partial charge < -0.3 is 0 Å². The van der Waals surface area contributed by atoms with Crippen molar-refractivity contribution in [2.45, 2.75) is 39.7 Å². The van der Waals surface area contributed by atoms with Gasteiger partial charge in [0.2, 0.25) is 0 Å². The fourth-order valence-electron chi connectivity index (χ4n) is 2.34. The molecule has 4 heteroatoms. The number of hydrogen-bond acceptors (Lipinski definition) is 2. The fraction of sp³-hybridized carbons (Fsp3) is 0.333. The summed E-state index contributed by atoms with van der Waals surface area (Å²) < 4.78 is 15.0. The largest absolute Gasteiger partial charge is 0.292 e. The van der Waals surface area contributed by atoms with E-state index in [1.807, 2.05) is 19.1 Å². The second kappa shape index (κ2) is 7.16. The number of halogens is 1. The maximum atomic E-state index is 13.4. The van der Waals surface area contributed by atoms with Gasteiger partial charge in [-0.15, -0.1) is 0 Å². The summed E-state index contributed by atoms with van der Waals surface area (Å²) >= 11 is 0. The van der Waals surface area contributed by atoms with Crippen LogP contribution in [-0.4, -0.2) is 9.55 Å². The number of benzene rings is 1. The van der Waals surface area contributed by atoms with Crippen molar-refractivity contribution < 1.29 is 4.39 Å². The number of aryl methyl sites for hydroxylation is 1. The molecule has 2 rings (SSSR count). The Morgan fingerprint density at radius 2 is 2.18 bits per heavy atom. The van der Waals surface area contributed by atoms with Gasteiger partial charge in [0.05, 0.1) is 17.4 Å². The lowest BCUT2D eigenvalue weighted by Gasteiger charge is -2.12. The Labute approximate surface area is 129 Å². The summed E-state index contributed by atoms with van der Waals surface area (Å²) in [5.74, 6) is 0.262. The maximum Gasteiger partial charge on any atom is 0.261 e. The van der Waals surface area contributed by atoms with E-state index < -0.39 is 5.82 Å². The molecule has 0 amide bonds. The number of hydrogen-bond donors (Lipinski definition) is 0. The van der Waals surface area contributed by atoms with Crippen LogP contribution < -0.4 is 5.56 Å². The summed E-state index contributed by atoms with van der Waals surface area (Å²) in [5.41, 5.74) is 1.15. The van der Waals surface area contributed by atoms with E-state index in [0.29, 0.717) is 29.7 Å². The van der Waals surface area contributed by atoms with Crippen molar-refractivity contribution in [3.8, 4) is 0 Å². The molecule has 0 aliphatic rings. The Morgan fingerprint density at radius 1 is 1.41 bits per heavy atom. The maximum absolute atomic E-state index is 13.4. The van der Waals surface area contributed by atoms with Gasteiger partial charge in [-0.3, -0.25) is 9.36 Å². The van der Waals surface area contributed by atoms with Gasteiger partial charge in [-0.2, -0.15) is 0 Å². The molecule has 0 saturated carbocycles. The van der Waals surface area contributed by atoms with Gasteiger partial charge in [-0.25, -0.2) is 9.37 Å². The van der Waals surface area contributed by atoms with Gasteiger partial charge in [0.25, 0.3) is 5.56 Å². The molecule has 1 aromatic carbocycles. The molecule has 0 N–H and O–H groups in total. The number of allylic oxidation sites excluding steroid dienone is 3. The highest BCUT2D eigenvalue weighted by Crippen LogP contribution is 2.12. The lowest BCUT2D eigenvalue weighted by Crippen LogP contribution is -2.25. The quantitative estimate of drug-likeness (QED) is 0.755. The molecule has 0 aliphatic heterocycles. The number of aromatic nitrogens is 2. The first kappa shape index (κ1) is 16.1. The molecule has 0 saturated heterocycles. The third kappa shape index (κ3) is 3.50. The number of rotatable bonds is 6. The molecule has 1 aromatic heterocycles. The molecule has 116 valence electrons. The Bertz CT molecular complexity index is 774. The van der Waals surface area contributed by atoms with Gasteiger partial charge in [-0.1, -0.05) is 39.0 Å². The number of unbranched alkanes of at least 4 members (excludes halogenated alkanes) is 1. The summed E-state index contributed by atoms with van der Waals surface area (Å²) in [5, 5.41) is 0.308. The van der Waals surface area contributed by atoms with Crippen LogP contribution in [0, 0.1) is 5.82 Å². The lowest BCUT2D eigenvalue weighted by molar-refractivity contribution is 0.628. The molecule has 3 nitrogen and oxygen atoms in total. The van der Waals surface area contributed by atoms with Crippen LogP contribution >= 0.6 is 0 Å². The Morgan fingerprint density at radius 3 is 2.86 bits per heavy atom. The first-order valence-corrected chi connectivity index (χ1v) is 7.60. The standard InChI is InChI=1S/C18H21FN2O/c1-4-6-7-8-13(3)12-21-17(5-2)20-16-10-9-14(19)11-15(16)18(21)22/h7-11H,3-6,12H2,1-2H3/b8-7-. The first-order chi connectivity index (χ1) is 10.6. The Kier molecular flexibility index (Phi) is 5.26. The van der Waals surface area contributed by atoms with Crippen LogP contribution in [0.1, 0.15) is 32.5 Å². The van der Waals surface area contributed by atoms with Crippen molar-refractivity contribution in [2.75, 3.05) is 0 Å². The van der Waals surface area contributed by atoms with Gasteiger partial charge in [-0.05, 0) is 30.2 Å². The van der Waals surface area contributed by atoms with Crippen molar-refractivity contribution in [1.82, 2.24) is 9.55 Å². The van der Waals surface area contributed by atoms with E-state index in [0.717, 1.165) is 18.4 Å². The summed E-state index contributed by atoms with van der Waals surface area (Å²) in [6.45, 7) is 8.42. The minimum atomic E-state index is -0.427. The molecule has 0 unspecified atom stereocenters. The van der Waals surface area contributed by atoms with Crippen molar-refractivity contribution in [3.05, 3.63) is 64.5 Å². The van der Waals surface area contributed by atoms with Gasteiger partial charge in [0.1, 0.15) is 11.6 Å². The van der Waals surface area contributed by atoms with E-state index in [1.54, 1.807) is 10.6 Å². The summed E-state index contributed by atoms with van der Waals surface area (Å²) in [7, 11) is 0. The Hall–Kier alpha value is -2.23. The van der Waals surface area contributed by atoms with E-state index >= 15 is 0 Å². The lowest BCUT2D eigenvalue weighted by atomic mass is 10.2. The molecule has 0 aliphatic carbocycles. The minimum Gasteiger partial charge on any atom is -0.292 e. The molecule has 0 fully saturated rings. The molecule has 2 aromatic rings. The monoisotopic (exact) mass is 300 g/mol. The normalized spacial score (nSPS) is 11.4. The molecule has 0 radical (unpaired) electrons. The second-order valence-corrected chi connectivity index (χ2v) is 5.28. The zero-order chi connectivity index (χ0) is 16.1. The Balaban J connectivity index is 2.45. The summed E-state index contributed by atoms with van der Waals surface area (Å²) in [4.78, 5) is 17.1. The van der Waals surface area contributed by atoms with Crippen LogP contribution in [0.4, 0.5) is 4.39 Å². The van der Waals surface area contributed by atoms with E-state index in [9.17, 15) is 9.18 Å². The van der Waals surface area contributed by atoms with Crippen molar-refractivity contribution in [1.29, 1.82) is 0 Å².